The van der Waals surface area contributed by atoms with E-state index in [4.69, 9.17) is 0 Å². The van der Waals surface area contributed by atoms with Crippen molar-refractivity contribution in [2.24, 2.45) is 5.92 Å². The molecule has 0 bridgehead atoms. The Labute approximate surface area is 128 Å². The normalized spacial score (nSPS) is 23.1. The molecular formula is C16H22BrFN2. The van der Waals surface area contributed by atoms with Crippen LogP contribution >= 0.6 is 15.9 Å². The number of nitrogens with one attached hydrogen (secondary N) is 1. The monoisotopic (exact) mass is 340 g/mol. The second-order valence-corrected chi connectivity index (χ2v) is 6.80. The van der Waals surface area contributed by atoms with Crippen molar-refractivity contribution in [3.05, 3.63) is 34.1 Å². The molecule has 2 aliphatic rings. The number of benzene rings is 1. The molecule has 1 saturated heterocycles. The lowest BCUT2D eigenvalue weighted by molar-refractivity contribution is 0.125. The van der Waals surface area contributed by atoms with Crippen molar-refractivity contribution in [1.82, 2.24) is 10.2 Å². The first-order chi connectivity index (χ1) is 9.75. The van der Waals surface area contributed by atoms with E-state index in [9.17, 15) is 4.39 Å². The molecule has 3 rings (SSSR count). The van der Waals surface area contributed by atoms with E-state index in [1.807, 2.05) is 6.07 Å². The van der Waals surface area contributed by atoms with Crippen LogP contribution in [0.2, 0.25) is 0 Å². The second kappa shape index (κ2) is 6.54. The van der Waals surface area contributed by atoms with Crippen LogP contribution in [0.25, 0.3) is 0 Å². The molecule has 1 aromatic rings. The Hall–Kier alpha value is -0.450. The predicted molar refractivity (Wildman–Crippen MR) is 83.2 cm³/mol. The van der Waals surface area contributed by atoms with Gasteiger partial charge in [-0.25, -0.2) is 4.39 Å². The van der Waals surface area contributed by atoms with Crippen LogP contribution in [-0.4, -0.2) is 31.1 Å². The number of halogens is 2. The first-order valence-electron chi connectivity index (χ1n) is 7.65. The molecule has 0 unspecified atom stereocenters. The first kappa shape index (κ1) is 14.5. The summed E-state index contributed by atoms with van der Waals surface area (Å²) in [6.07, 6.45) is 5.29. The molecule has 0 aromatic heterocycles. The largest absolute Gasteiger partial charge is 0.314 e. The summed E-state index contributed by atoms with van der Waals surface area (Å²) in [6.45, 7) is 4.29. The van der Waals surface area contributed by atoms with Crippen molar-refractivity contribution in [2.75, 3.05) is 26.2 Å². The quantitative estimate of drug-likeness (QED) is 0.901. The molecule has 1 aliphatic heterocycles. The summed E-state index contributed by atoms with van der Waals surface area (Å²) in [7, 11) is 0. The van der Waals surface area contributed by atoms with Crippen LogP contribution in [0.3, 0.4) is 0 Å². The van der Waals surface area contributed by atoms with E-state index in [-0.39, 0.29) is 5.82 Å². The molecule has 1 aliphatic carbocycles. The zero-order valence-corrected chi connectivity index (χ0v) is 13.3. The highest BCUT2D eigenvalue weighted by Gasteiger charge is 2.32. The van der Waals surface area contributed by atoms with Crippen molar-refractivity contribution in [2.45, 2.75) is 31.7 Å². The van der Waals surface area contributed by atoms with Crippen LogP contribution in [0.4, 0.5) is 4.39 Å². The van der Waals surface area contributed by atoms with Crippen molar-refractivity contribution in [1.29, 1.82) is 0 Å². The number of hydrogen-bond acceptors (Lipinski definition) is 2. The van der Waals surface area contributed by atoms with Gasteiger partial charge in [-0.15, -0.1) is 0 Å². The first-order valence-corrected chi connectivity index (χ1v) is 8.45. The van der Waals surface area contributed by atoms with E-state index in [2.05, 4.69) is 26.1 Å². The van der Waals surface area contributed by atoms with Crippen LogP contribution in [0.15, 0.2) is 22.7 Å². The zero-order chi connectivity index (χ0) is 13.9. The molecule has 0 amide bonds. The van der Waals surface area contributed by atoms with Crippen molar-refractivity contribution >= 4 is 15.9 Å². The Bertz CT molecular complexity index is 454. The Morgan fingerprint density at radius 3 is 2.55 bits per heavy atom. The number of hydrogen-bond donors (Lipinski definition) is 1. The average molecular weight is 341 g/mol. The fraction of sp³-hybridized carbons (Fsp3) is 0.625. The van der Waals surface area contributed by atoms with E-state index >= 15 is 0 Å². The average Bonchev–Trinajstić information content (AvgIpc) is 2.97. The molecule has 1 atom stereocenters. The molecule has 4 heteroatoms. The maximum absolute atomic E-state index is 13.4. The number of rotatable bonds is 3. The Morgan fingerprint density at radius 1 is 1.20 bits per heavy atom. The zero-order valence-electron chi connectivity index (χ0n) is 11.7. The van der Waals surface area contributed by atoms with E-state index in [0.717, 1.165) is 36.6 Å². The van der Waals surface area contributed by atoms with Gasteiger partial charge in [-0.05, 0) is 36.5 Å². The maximum Gasteiger partial charge on any atom is 0.124 e. The van der Waals surface area contributed by atoms with Gasteiger partial charge in [-0.1, -0.05) is 34.8 Å². The topological polar surface area (TPSA) is 15.3 Å². The third-order valence-electron chi connectivity index (χ3n) is 4.67. The Morgan fingerprint density at radius 2 is 1.90 bits per heavy atom. The third-order valence-corrected chi connectivity index (χ3v) is 5.36. The van der Waals surface area contributed by atoms with Gasteiger partial charge in [-0.3, -0.25) is 4.90 Å². The lowest BCUT2D eigenvalue weighted by Gasteiger charge is -2.39. The lowest BCUT2D eigenvalue weighted by Crippen LogP contribution is -2.46. The predicted octanol–water partition coefficient (Wildman–Crippen LogP) is 3.72. The minimum Gasteiger partial charge on any atom is -0.314 e. The maximum atomic E-state index is 13.4. The molecule has 20 heavy (non-hydrogen) atoms. The fourth-order valence-corrected chi connectivity index (χ4v) is 4.31. The Kier molecular flexibility index (Phi) is 4.74. The van der Waals surface area contributed by atoms with Gasteiger partial charge in [0.25, 0.3) is 0 Å². The van der Waals surface area contributed by atoms with Crippen LogP contribution < -0.4 is 5.32 Å². The van der Waals surface area contributed by atoms with Gasteiger partial charge in [0.05, 0.1) is 0 Å². The molecule has 0 spiro atoms. The fourth-order valence-electron chi connectivity index (χ4n) is 3.72. The van der Waals surface area contributed by atoms with Gasteiger partial charge in [-0.2, -0.15) is 0 Å². The highest BCUT2D eigenvalue weighted by Crippen LogP contribution is 2.42. The summed E-state index contributed by atoms with van der Waals surface area (Å²) in [6, 6.07) is 5.63. The highest BCUT2D eigenvalue weighted by molar-refractivity contribution is 9.10. The second-order valence-electron chi connectivity index (χ2n) is 5.94. The molecule has 0 radical (unpaired) electrons. The van der Waals surface area contributed by atoms with Gasteiger partial charge < -0.3 is 5.32 Å². The highest BCUT2D eigenvalue weighted by atomic mass is 79.9. The SMILES string of the molecule is Fc1ccc([C@H](C2CCCC2)N2CCNCC2)c(Br)c1. The Balaban J connectivity index is 1.90. The molecule has 2 nitrogen and oxygen atoms in total. The smallest absolute Gasteiger partial charge is 0.124 e. The van der Waals surface area contributed by atoms with Crippen LogP contribution in [0.5, 0.6) is 0 Å². The minimum absolute atomic E-state index is 0.161. The molecule has 2 fully saturated rings. The van der Waals surface area contributed by atoms with E-state index in [0.29, 0.717) is 6.04 Å². The van der Waals surface area contributed by atoms with Crippen LogP contribution in [0, 0.1) is 11.7 Å². The molecule has 1 heterocycles. The van der Waals surface area contributed by atoms with Crippen molar-refractivity contribution in [3.63, 3.8) is 0 Å². The van der Waals surface area contributed by atoms with Gasteiger partial charge in [0.15, 0.2) is 0 Å². The minimum atomic E-state index is -0.161. The summed E-state index contributed by atoms with van der Waals surface area (Å²) in [5.74, 6) is 0.556. The van der Waals surface area contributed by atoms with Gasteiger partial charge in [0.2, 0.25) is 0 Å². The van der Waals surface area contributed by atoms with Crippen LogP contribution in [-0.2, 0) is 0 Å². The van der Waals surface area contributed by atoms with E-state index in [1.54, 1.807) is 12.1 Å². The molecule has 1 saturated carbocycles. The third kappa shape index (κ3) is 3.07. The van der Waals surface area contributed by atoms with Crippen molar-refractivity contribution in [3.8, 4) is 0 Å². The van der Waals surface area contributed by atoms with E-state index < -0.39 is 0 Å². The standard InChI is InChI=1S/C16H22BrFN2/c17-15-11-13(18)5-6-14(15)16(12-3-1-2-4-12)20-9-7-19-8-10-20/h5-6,11-12,16,19H,1-4,7-10H2/t16-/m0/s1. The lowest BCUT2D eigenvalue weighted by atomic mass is 9.89. The van der Waals surface area contributed by atoms with Crippen molar-refractivity contribution < 1.29 is 4.39 Å². The molecule has 1 N–H and O–H groups in total. The summed E-state index contributed by atoms with van der Waals surface area (Å²) in [5, 5.41) is 3.42. The van der Waals surface area contributed by atoms with Gasteiger partial charge >= 0.3 is 0 Å². The van der Waals surface area contributed by atoms with Gasteiger partial charge in [0.1, 0.15) is 5.82 Å². The summed E-state index contributed by atoms with van der Waals surface area (Å²) >= 11 is 3.58. The summed E-state index contributed by atoms with van der Waals surface area (Å²) in [4.78, 5) is 2.59. The number of nitrogens with zero attached hydrogens (tertiary/aromatic N) is 1. The number of piperazine rings is 1. The summed E-state index contributed by atoms with van der Waals surface area (Å²) in [5.41, 5.74) is 1.26. The van der Waals surface area contributed by atoms with Crippen LogP contribution in [0.1, 0.15) is 37.3 Å². The molecule has 1 aromatic carbocycles. The summed E-state index contributed by atoms with van der Waals surface area (Å²) < 4.78 is 14.3. The molecule has 110 valence electrons. The van der Waals surface area contributed by atoms with E-state index in [1.165, 1.54) is 31.2 Å². The molecular weight excluding hydrogens is 319 g/mol. The van der Waals surface area contributed by atoms with Gasteiger partial charge in [0, 0.05) is 36.7 Å².